The number of nitrogens with zero attached hydrogens (tertiary/aromatic N) is 2. The van der Waals surface area contributed by atoms with Crippen molar-refractivity contribution in [2.45, 2.75) is 34.6 Å². The van der Waals surface area contributed by atoms with Crippen LogP contribution in [0.5, 0.6) is 0 Å². The summed E-state index contributed by atoms with van der Waals surface area (Å²) in [5.41, 5.74) is 7.56. The minimum atomic E-state index is -0.517. The summed E-state index contributed by atoms with van der Waals surface area (Å²) in [6.07, 6.45) is 1.63. The summed E-state index contributed by atoms with van der Waals surface area (Å²) >= 11 is 11.6. The molecule has 4 rings (SSSR count). The lowest BCUT2D eigenvalue weighted by atomic mass is 10.1. The molecular formula is C26H24ClN3O2S. The SMILES string of the molecule is Cc1ccc(N2C(=O)/C(=C/c3cc(C)n(-c4c(C)cccc4C)c3C)C(=O)NC2=S)cc1Cl. The van der Waals surface area contributed by atoms with E-state index in [0.29, 0.717) is 10.7 Å². The second-order valence-electron chi connectivity index (χ2n) is 8.29. The van der Waals surface area contributed by atoms with E-state index < -0.39 is 11.8 Å². The molecule has 0 atom stereocenters. The molecule has 2 heterocycles. The third-order valence-electron chi connectivity index (χ3n) is 5.95. The van der Waals surface area contributed by atoms with Crippen molar-refractivity contribution in [3.63, 3.8) is 0 Å². The van der Waals surface area contributed by atoms with Gasteiger partial charge in [0.15, 0.2) is 5.11 Å². The van der Waals surface area contributed by atoms with Crippen molar-refractivity contribution in [3.05, 3.63) is 86.7 Å². The van der Waals surface area contributed by atoms with Gasteiger partial charge in [-0.25, -0.2) is 0 Å². The molecule has 1 N–H and O–H groups in total. The molecule has 1 saturated heterocycles. The van der Waals surface area contributed by atoms with Gasteiger partial charge >= 0.3 is 0 Å². The minimum absolute atomic E-state index is 0.0158. The van der Waals surface area contributed by atoms with Crippen LogP contribution < -0.4 is 10.2 Å². The summed E-state index contributed by atoms with van der Waals surface area (Å²) in [6.45, 7) is 10.0. The van der Waals surface area contributed by atoms with Gasteiger partial charge in [0.1, 0.15) is 5.57 Å². The molecule has 3 aromatic rings. The van der Waals surface area contributed by atoms with Crippen LogP contribution in [0.25, 0.3) is 11.8 Å². The van der Waals surface area contributed by atoms with E-state index >= 15 is 0 Å². The summed E-state index contributed by atoms with van der Waals surface area (Å²) in [4.78, 5) is 27.4. The van der Waals surface area contributed by atoms with Gasteiger partial charge in [-0.1, -0.05) is 35.9 Å². The minimum Gasteiger partial charge on any atom is -0.317 e. The molecule has 0 unspecified atom stereocenters. The van der Waals surface area contributed by atoms with Gasteiger partial charge in [-0.2, -0.15) is 0 Å². The number of para-hydroxylation sites is 1. The molecule has 33 heavy (non-hydrogen) atoms. The van der Waals surface area contributed by atoms with Gasteiger partial charge in [0, 0.05) is 16.4 Å². The summed E-state index contributed by atoms with van der Waals surface area (Å²) in [7, 11) is 0. The first kappa shape index (κ1) is 23.0. The van der Waals surface area contributed by atoms with Crippen molar-refractivity contribution in [2.75, 3.05) is 4.90 Å². The van der Waals surface area contributed by atoms with Crippen molar-refractivity contribution in [1.82, 2.24) is 9.88 Å². The number of amides is 2. The van der Waals surface area contributed by atoms with E-state index in [9.17, 15) is 9.59 Å². The Bertz CT molecular complexity index is 1350. The molecule has 1 aliphatic rings. The molecule has 1 aliphatic heterocycles. The smallest absolute Gasteiger partial charge is 0.270 e. The normalized spacial score (nSPS) is 15.4. The van der Waals surface area contributed by atoms with Crippen LogP contribution in [0.4, 0.5) is 5.69 Å². The Labute approximate surface area is 203 Å². The number of halogens is 1. The van der Waals surface area contributed by atoms with Gasteiger partial charge in [0.2, 0.25) is 0 Å². The summed E-state index contributed by atoms with van der Waals surface area (Å²) < 4.78 is 2.16. The quantitative estimate of drug-likeness (QED) is 0.307. The Morgan fingerprint density at radius 1 is 0.939 bits per heavy atom. The van der Waals surface area contributed by atoms with E-state index in [1.54, 1.807) is 18.2 Å². The highest BCUT2D eigenvalue weighted by molar-refractivity contribution is 7.80. The number of benzene rings is 2. The third-order valence-corrected chi connectivity index (χ3v) is 6.64. The van der Waals surface area contributed by atoms with E-state index in [4.69, 9.17) is 23.8 Å². The number of aryl methyl sites for hydroxylation is 4. The molecule has 1 fully saturated rings. The van der Waals surface area contributed by atoms with E-state index in [-0.39, 0.29) is 10.7 Å². The van der Waals surface area contributed by atoms with Crippen LogP contribution in [0.2, 0.25) is 5.02 Å². The molecule has 2 aromatic carbocycles. The number of nitrogens with one attached hydrogen (secondary N) is 1. The lowest BCUT2D eigenvalue weighted by molar-refractivity contribution is -0.122. The summed E-state index contributed by atoms with van der Waals surface area (Å²) in [5.74, 6) is -1.00. The zero-order valence-corrected chi connectivity index (χ0v) is 20.7. The number of carbonyl (C=O) groups excluding carboxylic acids is 2. The highest BCUT2D eigenvalue weighted by Crippen LogP contribution is 2.30. The Balaban J connectivity index is 1.80. The molecule has 5 nitrogen and oxygen atoms in total. The fourth-order valence-electron chi connectivity index (χ4n) is 4.20. The topological polar surface area (TPSA) is 54.3 Å². The summed E-state index contributed by atoms with van der Waals surface area (Å²) in [5, 5.41) is 3.18. The maximum atomic E-state index is 13.4. The molecule has 2 amide bonds. The Morgan fingerprint density at radius 3 is 2.24 bits per heavy atom. The van der Waals surface area contributed by atoms with E-state index in [1.807, 2.05) is 39.0 Å². The zero-order chi connectivity index (χ0) is 24.0. The number of hydrogen-bond acceptors (Lipinski definition) is 3. The van der Waals surface area contributed by atoms with Gasteiger partial charge in [-0.05, 0) is 93.4 Å². The van der Waals surface area contributed by atoms with Crippen molar-refractivity contribution < 1.29 is 9.59 Å². The predicted molar refractivity (Wildman–Crippen MR) is 137 cm³/mol. The van der Waals surface area contributed by atoms with Crippen LogP contribution in [0.15, 0.2) is 48.0 Å². The van der Waals surface area contributed by atoms with Crippen molar-refractivity contribution in [3.8, 4) is 5.69 Å². The van der Waals surface area contributed by atoms with E-state index in [0.717, 1.165) is 39.3 Å². The molecule has 0 saturated carbocycles. The van der Waals surface area contributed by atoms with Gasteiger partial charge in [0.05, 0.1) is 11.4 Å². The second kappa shape index (κ2) is 8.61. The molecule has 0 spiro atoms. The molecule has 0 bridgehead atoms. The standard InChI is InChI=1S/C26H24ClN3O2S/c1-14-9-10-20(13-22(14)27)30-25(32)21(24(31)28-26(30)33)12-19-11-17(4)29(18(19)5)23-15(2)7-6-8-16(23)3/h6-13H,1-5H3,(H,28,31,33)/b21-12+. The fourth-order valence-corrected chi connectivity index (χ4v) is 4.66. The maximum absolute atomic E-state index is 13.4. The van der Waals surface area contributed by atoms with Gasteiger partial charge in [-0.3, -0.25) is 19.8 Å². The number of aromatic nitrogens is 1. The average molecular weight is 478 g/mol. The van der Waals surface area contributed by atoms with Crippen LogP contribution in [-0.2, 0) is 9.59 Å². The highest BCUT2D eigenvalue weighted by Gasteiger charge is 2.35. The Kier molecular flexibility index (Phi) is 5.99. The first-order valence-corrected chi connectivity index (χ1v) is 11.3. The monoisotopic (exact) mass is 477 g/mol. The Morgan fingerprint density at radius 2 is 1.61 bits per heavy atom. The first-order chi connectivity index (χ1) is 15.6. The number of thiocarbonyl (C=S) groups is 1. The summed E-state index contributed by atoms with van der Waals surface area (Å²) in [6, 6.07) is 13.4. The van der Waals surface area contributed by atoms with Crippen molar-refractivity contribution >= 4 is 52.5 Å². The largest absolute Gasteiger partial charge is 0.317 e. The van der Waals surface area contributed by atoms with Gasteiger partial charge in [-0.15, -0.1) is 0 Å². The van der Waals surface area contributed by atoms with Crippen LogP contribution in [0, 0.1) is 34.6 Å². The number of hydrogen-bond donors (Lipinski definition) is 1. The number of rotatable bonds is 3. The molecule has 1 aromatic heterocycles. The Hall–Kier alpha value is -3.22. The van der Waals surface area contributed by atoms with Crippen LogP contribution in [-0.4, -0.2) is 21.5 Å². The molecule has 0 aliphatic carbocycles. The lowest BCUT2D eigenvalue weighted by Crippen LogP contribution is -2.54. The molecule has 168 valence electrons. The van der Waals surface area contributed by atoms with Gasteiger partial charge < -0.3 is 4.57 Å². The number of carbonyl (C=O) groups is 2. The first-order valence-electron chi connectivity index (χ1n) is 10.5. The predicted octanol–water partition coefficient (Wildman–Crippen LogP) is 5.50. The maximum Gasteiger partial charge on any atom is 0.270 e. The highest BCUT2D eigenvalue weighted by atomic mass is 35.5. The van der Waals surface area contributed by atoms with E-state index in [1.165, 1.54) is 4.90 Å². The second-order valence-corrected chi connectivity index (χ2v) is 9.09. The van der Waals surface area contributed by atoms with E-state index in [2.05, 4.69) is 35.9 Å². The number of anilines is 1. The molecular weight excluding hydrogens is 454 g/mol. The van der Waals surface area contributed by atoms with Crippen molar-refractivity contribution in [1.29, 1.82) is 0 Å². The van der Waals surface area contributed by atoms with Crippen LogP contribution in [0.3, 0.4) is 0 Å². The van der Waals surface area contributed by atoms with Crippen molar-refractivity contribution in [2.24, 2.45) is 0 Å². The fraction of sp³-hybridized carbons (Fsp3) is 0.192. The van der Waals surface area contributed by atoms with Crippen LogP contribution in [0.1, 0.15) is 33.6 Å². The lowest BCUT2D eigenvalue weighted by Gasteiger charge is -2.29. The average Bonchev–Trinajstić information content (AvgIpc) is 3.01. The molecule has 7 heteroatoms. The van der Waals surface area contributed by atoms with Gasteiger partial charge in [0.25, 0.3) is 11.8 Å². The molecule has 0 radical (unpaired) electrons. The third kappa shape index (κ3) is 4.01. The zero-order valence-electron chi connectivity index (χ0n) is 19.1. The van der Waals surface area contributed by atoms with Crippen LogP contribution >= 0.6 is 23.8 Å².